The van der Waals surface area contributed by atoms with Crippen LogP contribution in [0.5, 0.6) is 11.5 Å². The quantitative estimate of drug-likeness (QED) is 0.0286. The summed E-state index contributed by atoms with van der Waals surface area (Å²) >= 11 is 12.7. The van der Waals surface area contributed by atoms with Gasteiger partial charge in [-0.05, 0) is 147 Å². The predicted molar refractivity (Wildman–Crippen MR) is 318 cm³/mol. The van der Waals surface area contributed by atoms with Crippen molar-refractivity contribution in [3.63, 3.8) is 0 Å². The van der Waals surface area contributed by atoms with E-state index in [0.29, 0.717) is 28.5 Å². The van der Waals surface area contributed by atoms with Gasteiger partial charge in [0, 0.05) is 23.0 Å². The molecule has 7 aromatic carbocycles. The van der Waals surface area contributed by atoms with Gasteiger partial charge in [-0.1, -0.05) is 47.5 Å². The molecule has 0 aliphatic heterocycles. The Labute approximate surface area is 507 Å². The summed E-state index contributed by atoms with van der Waals surface area (Å²) in [6.07, 6.45) is 0. The zero-order valence-corrected chi connectivity index (χ0v) is 50.5. The number of nitrogens with two attached hydrogens (primary N) is 1. The van der Waals surface area contributed by atoms with Crippen LogP contribution >= 0.6 is 23.2 Å². The van der Waals surface area contributed by atoms with Gasteiger partial charge < -0.3 is 31.5 Å². The molecule has 87 heavy (non-hydrogen) atoms. The van der Waals surface area contributed by atoms with E-state index in [1.165, 1.54) is 24.3 Å². The molecule has 9 rings (SSSR count). The molecule has 0 saturated carbocycles. The summed E-state index contributed by atoms with van der Waals surface area (Å²) in [5.41, 5.74) is 8.84. The van der Waals surface area contributed by atoms with Crippen molar-refractivity contribution in [1.29, 1.82) is 0 Å². The van der Waals surface area contributed by atoms with Gasteiger partial charge in [0.25, 0.3) is 20.2 Å². The summed E-state index contributed by atoms with van der Waals surface area (Å²) in [6, 6.07) is 30.6. The van der Waals surface area contributed by atoms with Gasteiger partial charge in [-0.15, -0.1) is 35.5 Å². The Morgan fingerprint density at radius 2 is 0.885 bits per heavy atom. The third-order valence-corrected chi connectivity index (χ3v) is 15.0. The Balaban J connectivity index is 0.000000443. The van der Waals surface area contributed by atoms with E-state index in [9.17, 15) is 44.6 Å². The van der Waals surface area contributed by atoms with Crippen LogP contribution in [-0.2, 0) is 51.3 Å². The lowest BCUT2D eigenvalue weighted by Crippen LogP contribution is -2.21. The molecule has 2 aromatic heterocycles. The summed E-state index contributed by atoms with van der Waals surface area (Å²) in [4.78, 5) is 26.1. The average Bonchev–Trinajstić information content (AvgIpc) is 0.823. The maximum atomic E-state index is 12.3. The predicted octanol–water partition coefficient (Wildman–Crippen LogP) is 8.77. The van der Waals surface area contributed by atoms with Gasteiger partial charge in [0.05, 0.1) is 43.2 Å². The Morgan fingerprint density at radius 1 is 0.517 bits per heavy atom. The third-order valence-electron chi connectivity index (χ3n) is 11.3. The van der Waals surface area contributed by atoms with Gasteiger partial charge in [0.2, 0.25) is 34.1 Å². The highest BCUT2D eigenvalue weighted by molar-refractivity contribution is 7.91. The van der Waals surface area contributed by atoms with Crippen LogP contribution in [0.4, 0.5) is 51.7 Å². The topological polar surface area (TPSA) is 466 Å². The number of aryl methyl sites for hydroxylation is 2. The molecule has 454 valence electrons. The number of phenols is 2. The summed E-state index contributed by atoms with van der Waals surface area (Å²) in [5, 5.41) is 44.7. The molecule has 0 bridgehead atoms. The smallest absolute Gasteiger partial charge is 0.425 e. The number of hydrogen-bond acceptors (Lipinski definition) is 28. The maximum absolute atomic E-state index is 12.3. The molecule has 0 unspecified atom stereocenters. The first-order valence-electron chi connectivity index (χ1n) is 23.9. The van der Waals surface area contributed by atoms with Crippen molar-refractivity contribution in [3.05, 3.63) is 143 Å². The molecule has 37 heteroatoms. The van der Waals surface area contributed by atoms with E-state index < -0.39 is 83.1 Å². The molecule has 0 aliphatic carbocycles. The number of fused-ring (bicyclic) bond motifs is 2. The first-order valence-corrected chi connectivity index (χ1v) is 31.2. The number of halogens is 2. The standard InChI is InChI=1S/C40H28Cl2N12O8S2.C10H16N2O2S.2O3S/c1-19-3-9-23(10-4-19)51-53-27-13-7-21-15-25(63(57,58)59)17-29(31(21)33(27)55)43-39-47-35(45-37(41)49-39)36-46-38(42)50-40(48-36)44-30-18-26(64(60,61)62)16-22-8-14-28(34(56)32(22)30)54-52-24-11-5-20(2)6-12-24;1-12(2)7-8-15(13,14)10-5-3-9(11)4-6-10;2*1-4(2)3/h3-18,55-56H,1-2H3,(H,57,58,59)(H,60,61,62)(H,43,45,47,49)(H,44,46,48,50);3-6H,7-8,11H2,1-2H3;;. The molecule has 0 fully saturated rings. The second kappa shape index (κ2) is 28.8. The number of hydrogen-bond donors (Lipinski definition) is 7. The van der Waals surface area contributed by atoms with Crippen molar-refractivity contribution in [2.75, 3.05) is 42.8 Å². The first kappa shape index (κ1) is 67.0. The lowest BCUT2D eigenvalue weighted by Gasteiger charge is -2.14. The van der Waals surface area contributed by atoms with Crippen molar-refractivity contribution < 1.29 is 69.8 Å². The number of sulfone groups is 1. The third kappa shape index (κ3) is 19.4. The van der Waals surface area contributed by atoms with Crippen molar-refractivity contribution >= 4 is 148 Å². The number of nitrogens with zero attached hydrogens (tertiary/aromatic N) is 11. The highest BCUT2D eigenvalue weighted by Gasteiger charge is 2.23. The summed E-state index contributed by atoms with van der Waals surface area (Å²) < 4.78 is 144. The highest BCUT2D eigenvalue weighted by Crippen LogP contribution is 2.44. The highest BCUT2D eigenvalue weighted by atomic mass is 35.5. The van der Waals surface area contributed by atoms with Gasteiger partial charge in [0.15, 0.2) is 21.3 Å². The van der Waals surface area contributed by atoms with Crippen LogP contribution in [0.2, 0.25) is 10.6 Å². The summed E-state index contributed by atoms with van der Waals surface area (Å²) in [5.74, 6) is -2.01. The second-order valence-corrected chi connectivity index (χ2v) is 24.3. The monoisotopic (exact) mass is 1330 g/mol. The van der Waals surface area contributed by atoms with Crippen molar-refractivity contribution in [2.45, 2.75) is 28.5 Å². The van der Waals surface area contributed by atoms with Crippen molar-refractivity contribution in [2.24, 2.45) is 20.5 Å². The molecule has 9 aromatic rings. The van der Waals surface area contributed by atoms with Crippen LogP contribution in [0.15, 0.2) is 156 Å². The Bertz CT molecular complexity index is 4470. The van der Waals surface area contributed by atoms with E-state index in [0.717, 1.165) is 35.4 Å². The van der Waals surface area contributed by atoms with Crippen LogP contribution < -0.4 is 16.4 Å². The SMILES string of the molecule is CN(C)CCS(=O)(=O)c1ccc(N)cc1.Cc1ccc(N=Nc2ccc3cc(S(=O)(=O)O)cc(Nc4nc(Cl)nc(-c5nc(Cl)nc(Nc6cc(S(=O)(=O)O)cc7ccc(N=Nc8ccc(C)cc8)c(O)c67)n5)n4)c3c2O)cc1.O=S(=O)=O.O=S(=O)=O. The van der Waals surface area contributed by atoms with Crippen LogP contribution in [0.3, 0.4) is 0 Å². The number of benzene rings is 7. The summed E-state index contributed by atoms with van der Waals surface area (Å²) in [7, 11) is -15.3. The van der Waals surface area contributed by atoms with Crippen molar-refractivity contribution in [1.82, 2.24) is 34.8 Å². The van der Waals surface area contributed by atoms with Crippen LogP contribution in [-0.4, -0.2) is 131 Å². The number of phenolic OH excluding ortho intramolecular Hbond substituents is 2. The maximum Gasteiger partial charge on any atom is 0.425 e. The Hall–Kier alpha value is -9.17. The average molecular weight is 1330 g/mol. The fourth-order valence-electron chi connectivity index (χ4n) is 7.27. The molecule has 0 atom stereocenters. The van der Waals surface area contributed by atoms with Gasteiger partial charge in [0.1, 0.15) is 11.4 Å². The molecule has 0 amide bonds. The molecule has 2 heterocycles. The number of aromatic hydroxyl groups is 2. The number of nitrogens with one attached hydrogen (secondary N) is 2. The molecular formula is C50H44Cl2N14O16S5. The minimum atomic E-state index is -4.79. The normalized spacial score (nSPS) is 11.6. The van der Waals surface area contributed by atoms with Crippen LogP contribution in [0.1, 0.15) is 11.1 Å². The van der Waals surface area contributed by atoms with E-state index in [-0.39, 0.29) is 73.6 Å². The number of azo groups is 2. The van der Waals surface area contributed by atoms with E-state index in [1.54, 1.807) is 48.5 Å². The molecule has 0 aliphatic rings. The first-order chi connectivity index (χ1) is 40.8. The van der Waals surface area contributed by atoms with Gasteiger partial charge in [-0.25, -0.2) is 8.42 Å². The van der Waals surface area contributed by atoms with Gasteiger partial charge in [-0.2, -0.15) is 57.0 Å². The van der Waals surface area contributed by atoms with Crippen molar-refractivity contribution in [3.8, 4) is 23.1 Å². The minimum absolute atomic E-state index is 0.0102. The van der Waals surface area contributed by atoms with Gasteiger partial charge in [-0.3, -0.25) is 9.11 Å². The molecule has 0 spiro atoms. The fourth-order valence-corrected chi connectivity index (χ4v) is 10.1. The Morgan fingerprint density at radius 3 is 1.23 bits per heavy atom. The molecule has 0 saturated heterocycles. The molecule has 0 radical (unpaired) electrons. The summed E-state index contributed by atoms with van der Waals surface area (Å²) in [6.45, 7) is 4.34. The van der Waals surface area contributed by atoms with Crippen LogP contribution in [0, 0.1) is 13.8 Å². The van der Waals surface area contributed by atoms with E-state index in [2.05, 4.69) is 61.0 Å². The number of rotatable bonds is 15. The number of anilines is 5. The second-order valence-electron chi connectivity index (χ2n) is 17.9. The fraction of sp³-hybridized carbons (Fsp3) is 0.120. The lowest BCUT2D eigenvalue weighted by atomic mass is 10.1. The zero-order valence-electron chi connectivity index (χ0n) is 44.9. The zero-order chi connectivity index (χ0) is 64.1. The van der Waals surface area contributed by atoms with E-state index in [4.69, 9.17) is 54.2 Å². The minimum Gasteiger partial charge on any atom is -0.505 e. The lowest BCUT2D eigenvalue weighted by molar-refractivity contribution is 0.432. The van der Waals surface area contributed by atoms with Gasteiger partial charge >= 0.3 is 21.2 Å². The largest absolute Gasteiger partial charge is 0.505 e. The van der Waals surface area contributed by atoms with Crippen LogP contribution in [0.25, 0.3) is 33.2 Å². The number of aromatic nitrogens is 6. The molecular weight excluding hydrogens is 1280 g/mol. The molecule has 30 nitrogen and oxygen atoms in total. The number of nitrogen functional groups attached to an aromatic ring is 1. The Kier molecular flexibility index (Phi) is 22.2. The van der Waals surface area contributed by atoms with E-state index >= 15 is 0 Å². The molecule has 8 N–H and O–H groups in total. The van der Waals surface area contributed by atoms with E-state index in [1.807, 2.05) is 57.1 Å².